The summed E-state index contributed by atoms with van der Waals surface area (Å²) in [5, 5.41) is -4.91. The molecule has 9 heteroatoms. The molecule has 0 aliphatic rings. The molecule has 102 valence electrons. The maximum absolute atomic E-state index is 12.8. The third-order valence-corrected chi connectivity index (χ3v) is 2.74. The van der Waals surface area contributed by atoms with Gasteiger partial charge in [-0.3, -0.25) is 9.35 Å². The number of esters is 1. The van der Waals surface area contributed by atoms with Gasteiger partial charge in [-0.15, -0.1) is 0 Å². The quantitative estimate of drug-likeness (QED) is 0.586. The molecule has 0 amide bonds. The smallest absolute Gasteiger partial charge is 0.400 e. The predicted octanol–water partition coefficient (Wildman–Crippen LogP) is 1.39. The van der Waals surface area contributed by atoms with Gasteiger partial charge >= 0.3 is 21.3 Å². The van der Waals surface area contributed by atoms with Crippen molar-refractivity contribution in [1.82, 2.24) is 0 Å². The van der Waals surface area contributed by atoms with E-state index < -0.39 is 46.5 Å². The summed E-state index contributed by atoms with van der Waals surface area (Å²) in [5.41, 5.74) is 0. The molecule has 0 spiro atoms. The van der Waals surface area contributed by atoms with Crippen molar-refractivity contribution in [2.75, 3.05) is 6.61 Å². The molecule has 0 aromatic rings. The summed E-state index contributed by atoms with van der Waals surface area (Å²) in [6, 6.07) is 0. The second-order valence-corrected chi connectivity index (χ2v) is 5.11. The van der Waals surface area contributed by atoms with E-state index in [1.807, 2.05) is 0 Å². The second kappa shape index (κ2) is 5.67. The highest BCUT2D eigenvalue weighted by atomic mass is 32.2. The SMILES string of the molecule is CC(C)C(=O)OCCC(F)C(F)(F)S(=O)(=O)O. The predicted molar refractivity (Wildman–Crippen MR) is 51.8 cm³/mol. The van der Waals surface area contributed by atoms with E-state index in [0.717, 1.165) is 0 Å². The zero-order chi connectivity index (χ0) is 13.9. The van der Waals surface area contributed by atoms with Crippen molar-refractivity contribution in [2.24, 2.45) is 5.92 Å². The molecule has 0 bridgehead atoms. The molecule has 17 heavy (non-hydrogen) atoms. The van der Waals surface area contributed by atoms with Gasteiger partial charge in [0.2, 0.25) is 0 Å². The lowest BCUT2D eigenvalue weighted by atomic mass is 10.2. The topological polar surface area (TPSA) is 80.7 Å². The Kier molecular flexibility index (Phi) is 5.40. The molecule has 0 saturated heterocycles. The van der Waals surface area contributed by atoms with Crippen LogP contribution in [-0.4, -0.2) is 37.0 Å². The average Bonchev–Trinajstić information content (AvgIpc) is 2.15. The van der Waals surface area contributed by atoms with Gasteiger partial charge in [0, 0.05) is 6.42 Å². The average molecular weight is 278 g/mol. The largest absolute Gasteiger partial charge is 0.465 e. The van der Waals surface area contributed by atoms with Crippen molar-refractivity contribution in [3.8, 4) is 0 Å². The Morgan fingerprint density at radius 1 is 1.41 bits per heavy atom. The monoisotopic (exact) mass is 278 g/mol. The Balaban J connectivity index is 4.30. The first-order valence-corrected chi connectivity index (χ1v) is 6.09. The van der Waals surface area contributed by atoms with Crippen LogP contribution in [0, 0.1) is 5.92 Å². The Bertz CT molecular complexity index is 365. The van der Waals surface area contributed by atoms with Gasteiger partial charge in [-0.2, -0.15) is 17.2 Å². The van der Waals surface area contributed by atoms with Crippen molar-refractivity contribution in [3.63, 3.8) is 0 Å². The van der Waals surface area contributed by atoms with Gasteiger partial charge in [-0.25, -0.2) is 4.39 Å². The maximum atomic E-state index is 12.8. The molecule has 1 N–H and O–H groups in total. The maximum Gasteiger partial charge on any atom is 0.400 e. The number of carbonyl (C=O) groups is 1. The standard InChI is InChI=1S/C8H13F3O5S/c1-5(2)7(12)16-4-3-6(9)8(10,11)17(13,14)15/h5-6H,3-4H2,1-2H3,(H,13,14,15). The molecule has 1 atom stereocenters. The first-order chi connectivity index (χ1) is 7.50. The molecule has 0 aliphatic heterocycles. The van der Waals surface area contributed by atoms with Crippen molar-refractivity contribution >= 4 is 16.1 Å². The highest BCUT2D eigenvalue weighted by Crippen LogP contribution is 2.29. The Morgan fingerprint density at radius 2 is 1.88 bits per heavy atom. The highest BCUT2D eigenvalue weighted by Gasteiger charge is 2.52. The zero-order valence-corrected chi connectivity index (χ0v) is 10.0. The van der Waals surface area contributed by atoms with E-state index in [9.17, 15) is 26.4 Å². The lowest BCUT2D eigenvalue weighted by Crippen LogP contribution is -2.39. The lowest BCUT2D eigenvalue weighted by Gasteiger charge is -2.17. The summed E-state index contributed by atoms with van der Waals surface area (Å²) < 4.78 is 71.0. The normalized spacial score (nSPS) is 14.8. The van der Waals surface area contributed by atoms with Gasteiger partial charge in [0.25, 0.3) is 0 Å². The van der Waals surface area contributed by atoms with Crippen LogP contribution in [0.4, 0.5) is 13.2 Å². The lowest BCUT2D eigenvalue weighted by molar-refractivity contribution is -0.148. The van der Waals surface area contributed by atoms with Crippen molar-refractivity contribution in [3.05, 3.63) is 0 Å². The zero-order valence-electron chi connectivity index (χ0n) is 9.19. The van der Waals surface area contributed by atoms with Gasteiger partial charge in [-0.05, 0) is 0 Å². The van der Waals surface area contributed by atoms with E-state index in [2.05, 4.69) is 4.74 Å². The van der Waals surface area contributed by atoms with E-state index in [4.69, 9.17) is 4.55 Å². The number of alkyl halides is 3. The fourth-order valence-corrected chi connectivity index (χ4v) is 1.20. The number of ether oxygens (including phenoxy) is 1. The van der Waals surface area contributed by atoms with Crippen LogP contribution < -0.4 is 0 Å². The minimum Gasteiger partial charge on any atom is -0.465 e. The Labute approximate surface area is 96.7 Å². The molecule has 0 rings (SSSR count). The number of hydrogen-bond acceptors (Lipinski definition) is 4. The molecule has 0 aromatic heterocycles. The van der Waals surface area contributed by atoms with Crippen molar-refractivity contribution in [2.45, 2.75) is 31.7 Å². The molecule has 0 fully saturated rings. The van der Waals surface area contributed by atoms with Crippen LogP contribution in [0.2, 0.25) is 0 Å². The van der Waals surface area contributed by atoms with Gasteiger partial charge in [0.1, 0.15) is 0 Å². The second-order valence-electron chi connectivity index (χ2n) is 3.62. The van der Waals surface area contributed by atoms with Crippen LogP contribution in [0.3, 0.4) is 0 Å². The number of carbonyl (C=O) groups excluding carboxylic acids is 1. The molecule has 1 unspecified atom stereocenters. The third-order valence-electron chi connectivity index (χ3n) is 1.80. The Morgan fingerprint density at radius 3 is 2.24 bits per heavy atom. The summed E-state index contributed by atoms with van der Waals surface area (Å²) in [5.74, 6) is -1.22. The van der Waals surface area contributed by atoms with Crippen LogP contribution >= 0.6 is 0 Å². The van der Waals surface area contributed by atoms with Crippen LogP contribution in [0.5, 0.6) is 0 Å². The fraction of sp³-hybridized carbons (Fsp3) is 0.875. The summed E-state index contributed by atoms with van der Waals surface area (Å²) in [7, 11) is -5.82. The first-order valence-electron chi connectivity index (χ1n) is 4.65. The van der Waals surface area contributed by atoms with Crippen LogP contribution in [0.25, 0.3) is 0 Å². The van der Waals surface area contributed by atoms with E-state index in [1.165, 1.54) is 13.8 Å². The molecular formula is C8H13F3O5S. The number of halogens is 3. The first kappa shape index (κ1) is 16.2. The van der Waals surface area contributed by atoms with Gasteiger partial charge in [-0.1, -0.05) is 13.8 Å². The minimum absolute atomic E-state index is 0.504. The van der Waals surface area contributed by atoms with Gasteiger partial charge in [0.15, 0.2) is 6.17 Å². The minimum atomic E-state index is -5.82. The summed E-state index contributed by atoms with van der Waals surface area (Å²) in [6.45, 7) is 2.29. The van der Waals surface area contributed by atoms with Crippen molar-refractivity contribution in [1.29, 1.82) is 0 Å². The highest BCUT2D eigenvalue weighted by molar-refractivity contribution is 7.86. The van der Waals surface area contributed by atoms with Gasteiger partial charge in [0.05, 0.1) is 12.5 Å². The van der Waals surface area contributed by atoms with E-state index in [0.29, 0.717) is 0 Å². The summed E-state index contributed by atoms with van der Waals surface area (Å²) in [4.78, 5) is 10.9. The van der Waals surface area contributed by atoms with E-state index in [1.54, 1.807) is 0 Å². The summed E-state index contributed by atoms with van der Waals surface area (Å²) >= 11 is 0. The summed E-state index contributed by atoms with van der Waals surface area (Å²) in [6.07, 6.45) is -4.16. The van der Waals surface area contributed by atoms with Crippen molar-refractivity contribution < 1.29 is 35.7 Å². The van der Waals surface area contributed by atoms with Crippen LogP contribution in [0.1, 0.15) is 20.3 Å². The number of hydrogen-bond donors (Lipinski definition) is 1. The van der Waals surface area contributed by atoms with Crippen LogP contribution in [0.15, 0.2) is 0 Å². The molecule has 0 aliphatic carbocycles. The van der Waals surface area contributed by atoms with E-state index in [-0.39, 0.29) is 0 Å². The van der Waals surface area contributed by atoms with Crippen LogP contribution in [-0.2, 0) is 19.6 Å². The molecule has 0 aromatic carbocycles. The van der Waals surface area contributed by atoms with E-state index >= 15 is 0 Å². The molecule has 0 radical (unpaired) electrons. The number of rotatable bonds is 6. The third kappa shape index (κ3) is 4.50. The Hall–Kier alpha value is -0.830. The molecule has 0 heterocycles. The fourth-order valence-electron chi connectivity index (χ4n) is 0.759. The molecule has 5 nitrogen and oxygen atoms in total. The van der Waals surface area contributed by atoms with Gasteiger partial charge < -0.3 is 4.74 Å². The molecule has 0 saturated carbocycles. The molecular weight excluding hydrogens is 265 g/mol.